The highest BCUT2D eigenvalue weighted by atomic mass is 16.4. The van der Waals surface area contributed by atoms with Gasteiger partial charge >= 0.3 is 5.97 Å². The van der Waals surface area contributed by atoms with E-state index in [0.717, 1.165) is 17.2 Å². The number of rotatable bonds is 10. The van der Waals surface area contributed by atoms with Gasteiger partial charge in [0.15, 0.2) is 0 Å². The van der Waals surface area contributed by atoms with Crippen LogP contribution in [0.4, 0.5) is 0 Å². The van der Waals surface area contributed by atoms with Crippen molar-refractivity contribution < 1.29 is 9.90 Å². The van der Waals surface area contributed by atoms with Gasteiger partial charge in [-0.1, -0.05) is 76.1 Å². The number of unbranched alkanes of at least 4 members (excludes halogenated alkanes) is 7. The smallest absolute Gasteiger partial charge is 0.335 e. The topological polar surface area (TPSA) is 37.3 Å². The van der Waals surface area contributed by atoms with Crippen LogP contribution in [0.1, 0.15) is 74.2 Å². The molecule has 0 spiro atoms. The molecule has 0 bridgehead atoms. The summed E-state index contributed by atoms with van der Waals surface area (Å²) >= 11 is 0. The van der Waals surface area contributed by atoms with E-state index in [1.54, 1.807) is 12.1 Å². The van der Waals surface area contributed by atoms with Crippen LogP contribution in [0.3, 0.4) is 0 Å². The molecule has 0 saturated carbocycles. The van der Waals surface area contributed by atoms with E-state index in [1.807, 2.05) is 12.1 Å². The Hall–Kier alpha value is -1.83. The third-order valence-electron chi connectivity index (χ3n) is 4.47. The normalized spacial score (nSPS) is 11.0. The van der Waals surface area contributed by atoms with Crippen LogP contribution in [0.25, 0.3) is 10.8 Å². The minimum absolute atomic E-state index is 0.355. The predicted molar refractivity (Wildman–Crippen MR) is 97.2 cm³/mol. The van der Waals surface area contributed by atoms with Gasteiger partial charge in [-0.15, -0.1) is 0 Å². The third kappa shape index (κ3) is 5.70. The lowest BCUT2D eigenvalue weighted by Gasteiger charge is -2.05. The Morgan fingerprint density at radius 1 is 0.826 bits per heavy atom. The van der Waals surface area contributed by atoms with Crippen molar-refractivity contribution in [3.05, 3.63) is 47.5 Å². The number of hydrogen-bond acceptors (Lipinski definition) is 1. The first kappa shape index (κ1) is 17.5. The summed E-state index contributed by atoms with van der Waals surface area (Å²) in [6.07, 6.45) is 11.8. The molecule has 0 saturated heterocycles. The van der Waals surface area contributed by atoms with Crippen LogP contribution in [0, 0.1) is 0 Å². The zero-order valence-electron chi connectivity index (χ0n) is 14.2. The van der Waals surface area contributed by atoms with E-state index in [1.165, 1.54) is 56.9 Å². The monoisotopic (exact) mass is 312 g/mol. The summed E-state index contributed by atoms with van der Waals surface area (Å²) in [6, 6.07) is 11.7. The molecule has 2 rings (SSSR count). The maximum Gasteiger partial charge on any atom is 0.335 e. The molecule has 23 heavy (non-hydrogen) atoms. The highest BCUT2D eigenvalue weighted by Gasteiger charge is 2.04. The number of fused-ring (bicyclic) bond motifs is 1. The van der Waals surface area contributed by atoms with Crippen molar-refractivity contribution in [1.29, 1.82) is 0 Å². The maximum absolute atomic E-state index is 11.0. The molecule has 0 heterocycles. The van der Waals surface area contributed by atoms with E-state index in [0.29, 0.717) is 5.56 Å². The molecule has 0 aromatic heterocycles. The molecule has 0 amide bonds. The first-order valence-electron chi connectivity index (χ1n) is 8.96. The summed E-state index contributed by atoms with van der Waals surface area (Å²) in [7, 11) is 0. The molecule has 0 aliphatic rings. The van der Waals surface area contributed by atoms with Gasteiger partial charge in [0.1, 0.15) is 0 Å². The minimum atomic E-state index is -0.866. The molecule has 2 aromatic carbocycles. The van der Waals surface area contributed by atoms with Gasteiger partial charge in [0.2, 0.25) is 0 Å². The van der Waals surface area contributed by atoms with E-state index in [4.69, 9.17) is 5.11 Å². The lowest BCUT2D eigenvalue weighted by atomic mass is 10.0. The van der Waals surface area contributed by atoms with Gasteiger partial charge in [-0.2, -0.15) is 0 Å². The lowest BCUT2D eigenvalue weighted by molar-refractivity contribution is 0.0697. The predicted octanol–water partition coefficient (Wildman–Crippen LogP) is 6.22. The summed E-state index contributed by atoms with van der Waals surface area (Å²) < 4.78 is 0. The molecule has 0 aliphatic heterocycles. The second-order valence-electron chi connectivity index (χ2n) is 6.43. The van der Waals surface area contributed by atoms with E-state index in [9.17, 15) is 4.79 Å². The van der Waals surface area contributed by atoms with Crippen molar-refractivity contribution in [3.8, 4) is 0 Å². The number of hydrogen-bond donors (Lipinski definition) is 1. The number of benzene rings is 2. The van der Waals surface area contributed by atoms with Gasteiger partial charge in [-0.25, -0.2) is 4.79 Å². The van der Waals surface area contributed by atoms with Crippen LogP contribution in [0.15, 0.2) is 36.4 Å². The number of aryl methyl sites for hydroxylation is 1. The van der Waals surface area contributed by atoms with Gasteiger partial charge in [-0.05, 0) is 41.3 Å². The van der Waals surface area contributed by atoms with Crippen molar-refractivity contribution in [3.63, 3.8) is 0 Å². The molecule has 2 aromatic rings. The van der Waals surface area contributed by atoms with Gasteiger partial charge in [0.25, 0.3) is 0 Å². The Bertz CT molecular complexity index is 631. The fourth-order valence-electron chi connectivity index (χ4n) is 3.05. The zero-order chi connectivity index (χ0) is 16.5. The Morgan fingerprint density at radius 3 is 2.13 bits per heavy atom. The quantitative estimate of drug-likeness (QED) is 0.529. The van der Waals surface area contributed by atoms with Crippen LogP contribution in [0.5, 0.6) is 0 Å². The molecule has 0 radical (unpaired) electrons. The average molecular weight is 312 g/mol. The van der Waals surface area contributed by atoms with Crippen LogP contribution in [-0.4, -0.2) is 11.1 Å². The van der Waals surface area contributed by atoms with Crippen LogP contribution < -0.4 is 0 Å². The number of aromatic carboxylic acids is 1. The van der Waals surface area contributed by atoms with Gasteiger partial charge in [0, 0.05) is 0 Å². The van der Waals surface area contributed by atoms with E-state index in [2.05, 4.69) is 19.1 Å². The number of carbonyl (C=O) groups is 1. The van der Waals surface area contributed by atoms with Gasteiger partial charge in [-0.3, -0.25) is 0 Å². The summed E-state index contributed by atoms with van der Waals surface area (Å²) in [5.41, 5.74) is 1.71. The standard InChI is InChI=1S/C21H28O2/c1-2-3-4-5-6-7-8-9-10-17-11-12-19-16-20(21(22)23)14-13-18(19)15-17/h11-16H,2-10H2,1H3,(H,22,23). The third-order valence-corrected chi connectivity index (χ3v) is 4.47. The molecular formula is C21H28O2. The lowest BCUT2D eigenvalue weighted by Crippen LogP contribution is -1.95. The fraction of sp³-hybridized carbons (Fsp3) is 0.476. The van der Waals surface area contributed by atoms with Crippen molar-refractivity contribution in [2.45, 2.75) is 64.7 Å². The van der Waals surface area contributed by atoms with Crippen LogP contribution in [0.2, 0.25) is 0 Å². The van der Waals surface area contributed by atoms with E-state index in [-0.39, 0.29) is 0 Å². The molecule has 1 N–H and O–H groups in total. The molecule has 124 valence electrons. The molecule has 2 nitrogen and oxygen atoms in total. The fourth-order valence-corrected chi connectivity index (χ4v) is 3.05. The molecule has 2 heteroatoms. The molecule has 0 fully saturated rings. The number of carboxylic acid groups (broad SMARTS) is 1. The van der Waals surface area contributed by atoms with Crippen molar-refractivity contribution in [2.24, 2.45) is 0 Å². The molecule has 0 atom stereocenters. The highest BCUT2D eigenvalue weighted by molar-refractivity contribution is 5.94. The highest BCUT2D eigenvalue weighted by Crippen LogP contribution is 2.20. The molecule has 0 unspecified atom stereocenters. The van der Waals surface area contributed by atoms with Crippen molar-refractivity contribution in [2.75, 3.05) is 0 Å². The van der Waals surface area contributed by atoms with Crippen molar-refractivity contribution in [1.82, 2.24) is 0 Å². The van der Waals surface area contributed by atoms with Gasteiger partial charge in [0.05, 0.1) is 5.56 Å². The SMILES string of the molecule is CCCCCCCCCCc1ccc2cc(C(=O)O)ccc2c1. The largest absolute Gasteiger partial charge is 0.478 e. The summed E-state index contributed by atoms with van der Waals surface area (Å²) in [5, 5.41) is 11.2. The van der Waals surface area contributed by atoms with Gasteiger partial charge < -0.3 is 5.11 Å². The molecular weight excluding hydrogens is 284 g/mol. The Balaban J connectivity index is 1.78. The summed E-state index contributed by atoms with van der Waals surface area (Å²) in [6.45, 7) is 2.26. The van der Waals surface area contributed by atoms with E-state index >= 15 is 0 Å². The zero-order valence-corrected chi connectivity index (χ0v) is 14.2. The Morgan fingerprint density at radius 2 is 1.43 bits per heavy atom. The Kier molecular flexibility index (Phi) is 7.12. The molecule has 0 aliphatic carbocycles. The number of carboxylic acids is 1. The Labute approximate surface area is 139 Å². The first-order valence-corrected chi connectivity index (χ1v) is 8.96. The summed E-state index contributed by atoms with van der Waals surface area (Å²) in [4.78, 5) is 11.0. The minimum Gasteiger partial charge on any atom is -0.478 e. The summed E-state index contributed by atoms with van der Waals surface area (Å²) in [5.74, 6) is -0.866. The average Bonchev–Trinajstić information content (AvgIpc) is 2.56. The first-order chi connectivity index (χ1) is 11.2. The second kappa shape index (κ2) is 9.34. The van der Waals surface area contributed by atoms with E-state index < -0.39 is 5.97 Å². The maximum atomic E-state index is 11.0. The van der Waals surface area contributed by atoms with Crippen LogP contribution in [-0.2, 0) is 6.42 Å². The van der Waals surface area contributed by atoms with Crippen LogP contribution >= 0.6 is 0 Å². The second-order valence-corrected chi connectivity index (χ2v) is 6.43. The van der Waals surface area contributed by atoms with Crippen molar-refractivity contribution >= 4 is 16.7 Å².